The lowest BCUT2D eigenvalue weighted by atomic mass is 9.86. The van der Waals surface area contributed by atoms with Crippen molar-refractivity contribution < 1.29 is 14.3 Å². The van der Waals surface area contributed by atoms with Gasteiger partial charge in [-0.2, -0.15) is 0 Å². The van der Waals surface area contributed by atoms with Crippen molar-refractivity contribution in [2.75, 3.05) is 19.6 Å². The minimum atomic E-state index is -0.610. The van der Waals surface area contributed by atoms with Gasteiger partial charge in [0.05, 0.1) is 0 Å². The van der Waals surface area contributed by atoms with Gasteiger partial charge in [-0.15, -0.1) is 12.4 Å². The number of ether oxygens (including phenoxy) is 2. The number of esters is 1. The number of rotatable bonds is 4. The highest BCUT2D eigenvalue weighted by molar-refractivity contribution is 6.30. The van der Waals surface area contributed by atoms with Crippen LogP contribution < -0.4 is 4.74 Å². The van der Waals surface area contributed by atoms with E-state index in [1.807, 2.05) is 0 Å². The molecule has 2 bridgehead atoms. The van der Waals surface area contributed by atoms with Crippen molar-refractivity contribution in [2.45, 2.75) is 32.0 Å². The van der Waals surface area contributed by atoms with Crippen LogP contribution in [-0.2, 0) is 9.53 Å². The second-order valence-electron chi connectivity index (χ2n) is 5.83. The van der Waals surface area contributed by atoms with Crippen LogP contribution in [0.25, 0.3) is 0 Å². The van der Waals surface area contributed by atoms with Gasteiger partial charge >= 0.3 is 5.97 Å². The number of carbonyl (C=O) groups excluding carboxylic acids is 1. The Bertz CT molecular complexity index is 501. The van der Waals surface area contributed by atoms with Crippen LogP contribution in [0.3, 0.4) is 0 Å². The van der Waals surface area contributed by atoms with Gasteiger partial charge in [0.2, 0.25) is 0 Å². The van der Waals surface area contributed by atoms with Gasteiger partial charge in [-0.25, -0.2) is 4.79 Å². The van der Waals surface area contributed by atoms with Gasteiger partial charge < -0.3 is 9.47 Å². The molecule has 1 aromatic carbocycles. The first-order valence-corrected chi connectivity index (χ1v) is 7.84. The summed E-state index contributed by atoms with van der Waals surface area (Å²) in [5.41, 5.74) is 0. The Morgan fingerprint density at radius 2 is 1.91 bits per heavy atom. The van der Waals surface area contributed by atoms with E-state index < -0.39 is 6.10 Å². The molecule has 0 amide bonds. The van der Waals surface area contributed by atoms with Gasteiger partial charge in [0.25, 0.3) is 0 Å². The van der Waals surface area contributed by atoms with E-state index in [4.69, 9.17) is 21.1 Å². The molecule has 0 spiro atoms. The summed E-state index contributed by atoms with van der Waals surface area (Å²) in [5, 5.41) is 0.643. The van der Waals surface area contributed by atoms with Gasteiger partial charge in [-0.3, -0.25) is 4.90 Å². The first-order valence-electron chi connectivity index (χ1n) is 7.47. The average Bonchev–Trinajstić information content (AvgIpc) is 2.50. The number of halogens is 2. The zero-order chi connectivity index (χ0) is 14.8. The normalized spacial score (nSPS) is 27.6. The summed E-state index contributed by atoms with van der Waals surface area (Å²) in [5.74, 6) is 0.850. The smallest absolute Gasteiger partial charge is 0.347 e. The molecule has 0 aliphatic carbocycles. The summed E-state index contributed by atoms with van der Waals surface area (Å²) < 4.78 is 11.3. The van der Waals surface area contributed by atoms with Crippen LogP contribution in [0.15, 0.2) is 24.3 Å². The summed E-state index contributed by atoms with van der Waals surface area (Å²) in [6.07, 6.45) is 1.67. The van der Waals surface area contributed by atoms with E-state index in [0.717, 1.165) is 32.5 Å². The summed E-state index contributed by atoms with van der Waals surface area (Å²) in [6, 6.07) is 6.98. The van der Waals surface area contributed by atoms with Gasteiger partial charge in [0.15, 0.2) is 6.10 Å². The first kappa shape index (κ1) is 17.4. The number of nitrogens with zero attached hydrogens (tertiary/aromatic N) is 1. The van der Waals surface area contributed by atoms with Gasteiger partial charge in [0, 0.05) is 11.6 Å². The summed E-state index contributed by atoms with van der Waals surface area (Å²) >= 11 is 5.82. The number of hydrogen-bond acceptors (Lipinski definition) is 4. The van der Waals surface area contributed by atoms with E-state index in [1.165, 1.54) is 0 Å². The van der Waals surface area contributed by atoms with E-state index >= 15 is 0 Å². The third-order valence-electron chi connectivity index (χ3n) is 4.32. The van der Waals surface area contributed by atoms with Crippen molar-refractivity contribution in [1.82, 2.24) is 4.90 Å². The van der Waals surface area contributed by atoms with Gasteiger partial charge in [0.1, 0.15) is 11.9 Å². The topological polar surface area (TPSA) is 38.8 Å². The van der Waals surface area contributed by atoms with E-state index in [2.05, 4.69) is 4.90 Å². The van der Waals surface area contributed by atoms with E-state index in [1.54, 1.807) is 31.2 Å². The van der Waals surface area contributed by atoms with Crippen molar-refractivity contribution in [1.29, 1.82) is 0 Å². The maximum atomic E-state index is 12.2. The number of fused-ring (bicyclic) bond motifs is 3. The molecule has 4 rings (SSSR count). The Morgan fingerprint density at radius 3 is 2.45 bits per heavy atom. The maximum absolute atomic E-state index is 12.2. The van der Waals surface area contributed by atoms with Crippen LogP contribution in [0.1, 0.15) is 19.8 Å². The molecule has 6 heteroatoms. The number of carbonyl (C=O) groups is 1. The predicted molar refractivity (Wildman–Crippen MR) is 87.8 cm³/mol. The monoisotopic (exact) mass is 345 g/mol. The average molecular weight is 346 g/mol. The summed E-state index contributed by atoms with van der Waals surface area (Å²) in [6.45, 7) is 4.85. The fourth-order valence-electron chi connectivity index (χ4n) is 3.05. The Morgan fingerprint density at radius 1 is 1.27 bits per heavy atom. The van der Waals surface area contributed by atoms with Crippen LogP contribution in [-0.4, -0.2) is 42.7 Å². The molecule has 122 valence electrons. The minimum absolute atomic E-state index is 0. The second kappa shape index (κ2) is 7.53. The van der Waals surface area contributed by atoms with Crippen LogP contribution >= 0.6 is 24.0 Å². The first-order chi connectivity index (χ1) is 10.1. The van der Waals surface area contributed by atoms with Crippen molar-refractivity contribution in [3.63, 3.8) is 0 Å². The molecular weight excluding hydrogens is 325 g/mol. The largest absolute Gasteiger partial charge is 0.479 e. The Kier molecular flexibility index (Phi) is 5.95. The molecule has 4 nitrogen and oxygen atoms in total. The molecule has 0 aromatic heterocycles. The van der Waals surface area contributed by atoms with E-state index in [9.17, 15) is 4.79 Å². The van der Waals surface area contributed by atoms with Crippen molar-refractivity contribution >= 4 is 30.0 Å². The van der Waals surface area contributed by atoms with Gasteiger partial charge in [-0.05, 0) is 63.0 Å². The van der Waals surface area contributed by atoms with Crippen molar-refractivity contribution in [3.05, 3.63) is 29.3 Å². The van der Waals surface area contributed by atoms with Crippen LogP contribution in [0.4, 0.5) is 0 Å². The fraction of sp³-hybridized carbons (Fsp3) is 0.562. The van der Waals surface area contributed by atoms with Crippen LogP contribution in [0, 0.1) is 5.92 Å². The van der Waals surface area contributed by atoms with Crippen LogP contribution in [0.2, 0.25) is 5.02 Å². The molecule has 3 aliphatic rings. The molecule has 0 radical (unpaired) electrons. The molecule has 22 heavy (non-hydrogen) atoms. The Balaban J connectivity index is 0.00000176. The predicted octanol–water partition coefficient (Wildman–Crippen LogP) is 3.17. The second-order valence-corrected chi connectivity index (χ2v) is 6.26. The molecule has 0 saturated carbocycles. The molecular formula is C16H21Cl2NO3. The lowest BCUT2D eigenvalue weighted by molar-refractivity contribution is -0.166. The lowest BCUT2D eigenvalue weighted by Crippen LogP contribution is -2.52. The third kappa shape index (κ3) is 4.06. The molecule has 3 fully saturated rings. The summed E-state index contributed by atoms with van der Waals surface area (Å²) in [4.78, 5) is 14.5. The van der Waals surface area contributed by atoms with Crippen molar-refractivity contribution in [3.8, 4) is 5.75 Å². The molecule has 1 aromatic rings. The highest BCUT2D eigenvalue weighted by Crippen LogP contribution is 2.30. The number of hydrogen-bond donors (Lipinski definition) is 0. The molecule has 3 heterocycles. The van der Waals surface area contributed by atoms with Crippen LogP contribution in [0.5, 0.6) is 5.75 Å². The zero-order valence-corrected chi connectivity index (χ0v) is 14.1. The van der Waals surface area contributed by atoms with Gasteiger partial charge in [-0.1, -0.05) is 11.6 Å². The molecule has 2 atom stereocenters. The van der Waals surface area contributed by atoms with E-state index in [0.29, 0.717) is 16.7 Å². The standard InChI is InChI=1S/C16H20ClNO3.ClH/c1-11(20-14-4-2-13(17)3-5-14)16(19)21-15-10-18-8-6-12(15)7-9-18;/h2-5,11-12,15H,6-10H2,1H3;1H. The quantitative estimate of drug-likeness (QED) is 0.785. The highest BCUT2D eigenvalue weighted by Gasteiger charge is 2.37. The number of piperidine rings is 3. The SMILES string of the molecule is CC(Oc1ccc(Cl)cc1)C(=O)OC1CN2CCC1CC2.Cl. The Hall–Kier alpha value is -0.970. The Labute approximate surface area is 142 Å². The highest BCUT2D eigenvalue weighted by atomic mass is 35.5. The molecule has 3 aliphatic heterocycles. The fourth-order valence-corrected chi connectivity index (χ4v) is 3.18. The minimum Gasteiger partial charge on any atom is -0.479 e. The van der Waals surface area contributed by atoms with E-state index in [-0.39, 0.29) is 24.5 Å². The zero-order valence-electron chi connectivity index (χ0n) is 12.5. The lowest BCUT2D eigenvalue weighted by Gasteiger charge is -2.44. The third-order valence-corrected chi connectivity index (χ3v) is 4.57. The molecule has 3 saturated heterocycles. The molecule has 0 N–H and O–H groups in total. The number of benzene rings is 1. The molecule has 2 unspecified atom stereocenters. The maximum Gasteiger partial charge on any atom is 0.347 e. The van der Waals surface area contributed by atoms with Crippen molar-refractivity contribution in [2.24, 2.45) is 5.92 Å². The summed E-state index contributed by atoms with van der Waals surface area (Å²) in [7, 11) is 0.